The lowest BCUT2D eigenvalue weighted by molar-refractivity contribution is -0.908. The number of thiophene rings is 1. The van der Waals surface area contributed by atoms with E-state index in [1.165, 1.54) is 11.3 Å². The molecule has 0 atom stereocenters. The topological polar surface area (TPSA) is 44.9 Å². The van der Waals surface area contributed by atoms with Crippen molar-refractivity contribution in [3.63, 3.8) is 0 Å². The smallest absolute Gasteiger partial charge is 0.205 e. The molecule has 3 heterocycles. The van der Waals surface area contributed by atoms with Gasteiger partial charge >= 0.3 is 0 Å². The third-order valence-corrected chi connectivity index (χ3v) is 6.29. The van der Waals surface area contributed by atoms with E-state index in [0.29, 0.717) is 0 Å². The van der Waals surface area contributed by atoms with Crippen molar-refractivity contribution in [3.05, 3.63) is 51.8 Å². The van der Waals surface area contributed by atoms with Crippen molar-refractivity contribution < 1.29 is 31.6 Å². The lowest BCUT2D eigenvalue weighted by Gasteiger charge is -2.24. The molecule has 1 aromatic carbocycles. The molecule has 7 heteroatoms. The second-order valence-electron chi connectivity index (χ2n) is 6.92. The van der Waals surface area contributed by atoms with Gasteiger partial charge in [-0.25, -0.2) is 0 Å². The number of carbonyl (C=O) groups is 1. The Morgan fingerprint density at radius 1 is 1.29 bits per heavy atom. The fourth-order valence-electron chi connectivity index (χ4n) is 3.85. The Balaban J connectivity index is 0.00000225. The molecule has 1 N–H and O–H groups in total. The number of methoxy groups -OCH3 is 1. The molecule has 1 fully saturated rings. The van der Waals surface area contributed by atoms with Gasteiger partial charge in [-0.05, 0) is 13.0 Å². The Kier molecular flexibility index (Phi) is 6.78. The average Bonchev–Trinajstić information content (AvgIpc) is 3.29. The van der Waals surface area contributed by atoms with Crippen LogP contribution in [0.2, 0.25) is 0 Å². The number of para-hydroxylation sites is 1. The number of carbonyl (C=O) groups excluding carboxylic acids is 1. The van der Waals surface area contributed by atoms with Gasteiger partial charge in [0.1, 0.15) is 18.8 Å². The Morgan fingerprint density at radius 2 is 2.04 bits per heavy atom. The molecule has 5 nitrogen and oxygen atoms in total. The molecule has 0 radical (unpaired) electrons. The predicted molar refractivity (Wildman–Crippen MR) is 107 cm³/mol. The van der Waals surface area contributed by atoms with Crippen LogP contribution in [0.3, 0.4) is 0 Å². The summed E-state index contributed by atoms with van der Waals surface area (Å²) in [7, 11) is 1.63. The highest BCUT2D eigenvalue weighted by Crippen LogP contribution is 2.31. The first-order chi connectivity index (χ1) is 13.2. The maximum absolute atomic E-state index is 13.2. The monoisotopic (exact) mass is 420 g/mol. The summed E-state index contributed by atoms with van der Waals surface area (Å²) in [6.45, 7) is 7.80. The van der Waals surface area contributed by atoms with Crippen LogP contribution in [0.25, 0.3) is 10.9 Å². The predicted octanol–water partition coefficient (Wildman–Crippen LogP) is -0.830. The molecule has 0 amide bonds. The van der Waals surface area contributed by atoms with Gasteiger partial charge in [0.05, 0.1) is 43.9 Å². The van der Waals surface area contributed by atoms with E-state index in [9.17, 15) is 4.79 Å². The van der Waals surface area contributed by atoms with Crippen molar-refractivity contribution in [3.8, 4) is 5.75 Å². The van der Waals surface area contributed by atoms with Gasteiger partial charge in [-0.15, -0.1) is 11.3 Å². The number of morpholine rings is 1. The minimum atomic E-state index is 0. The van der Waals surface area contributed by atoms with E-state index in [2.05, 4.69) is 23.6 Å². The SMILES string of the molecule is COc1csc(C(=O)c2c(C)n(CC[NH+]3CCOCC3)c3ccccc23)c1.[Cl-]. The molecule has 1 saturated heterocycles. The van der Waals surface area contributed by atoms with E-state index in [0.717, 1.165) is 72.2 Å². The molecule has 2 aromatic heterocycles. The van der Waals surface area contributed by atoms with Gasteiger partial charge in [0.15, 0.2) is 0 Å². The Labute approximate surface area is 175 Å². The second-order valence-corrected chi connectivity index (χ2v) is 7.83. The molecule has 3 aromatic rings. The maximum Gasteiger partial charge on any atom is 0.205 e. The Hall–Kier alpha value is -1.86. The Morgan fingerprint density at radius 3 is 2.75 bits per heavy atom. The quantitative estimate of drug-likeness (QED) is 0.529. The van der Waals surface area contributed by atoms with Gasteiger partial charge < -0.3 is 31.3 Å². The molecule has 28 heavy (non-hydrogen) atoms. The van der Waals surface area contributed by atoms with E-state index >= 15 is 0 Å². The summed E-state index contributed by atoms with van der Waals surface area (Å²) in [5, 5.41) is 2.91. The van der Waals surface area contributed by atoms with E-state index in [1.54, 1.807) is 12.0 Å². The van der Waals surface area contributed by atoms with E-state index in [-0.39, 0.29) is 18.2 Å². The van der Waals surface area contributed by atoms with E-state index < -0.39 is 0 Å². The van der Waals surface area contributed by atoms with Crippen molar-refractivity contribution in [1.82, 2.24) is 4.57 Å². The zero-order valence-electron chi connectivity index (χ0n) is 16.2. The summed E-state index contributed by atoms with van der Waals surface area (Å²) in [6, 6.07) is 10.0. The minimum absolute atomic E-state index is 0. The van der Waals surface area contributed by atoms with Gasteiger partial charge in [0.2, 0.25) is 5.78 Å². The first-order valence-electron chi connectivity index (χ1n) is 9.35. The van der Waals surface area contributed by atoms with Crippen molar-refractivity contribution in [2.75, 3.05) is 40.0 Å². The number of quaternary nitrogens is 1. The van der Waals surface area contributed by atoms with Crippen molar-refractivity contribution >= 4 is 28.0 Å². The highest BCUT2D eigenvalue weighted by atomic mass is 35.5. The van der Waals surface area contributed by atoms with Crippen LogP contribution in [0.5, 0.6) is 5.75 Å². The molecule has 1 aliphatic rings. The third-order valence-electron chi connectivity index (χ3n) is 5.38. The Bertz CT molecular complexity index is 960. The fourth-order valence-corrected chi connectivity index (χ4v) is 4.65. The molecular weight excluding hydrogens is 396 g/mol. The number of ketones is 1. The largest absolute Gasteiger partial charge is 1.00 e. The highest BCUT2D eigenvalue weighted by molar-refractivity contribution is 7.12. The van der Waals surface area contributed by atoms with Crippen LogP contribution in [-0.4, -0.2) is 50.3 Å². The van der Waals surface area contributed by atoms with Crippen LogP contribution in [0.4, 0.5) is 0 Å². The first-order valence-corrected chi connectivity index (χ1v) is 10.2. The molecule has 0 aliphatic carbocycles. The number of fused-ring (bicyclic) bond motifs is 1. The van der Waals surface area contributed by atoms with Gasteiger partial charge in [-0.1, -0.05) is 18.2 Å². The van der Waals surface area contributed by atoms with E-state index in [1.807, 2.05) is 23.6 Å². The fraction of sp³-hybridized carbons (Fsp3) is 0.381. The van der Waals surface area contributed by atoms with Crippen molar-refractivity contribution in [2.24, 2.45) is 0 Å². The summed E-state index contributed by atoms with van der Waals surface area (Å²) >= 11 is 1.44. The molecule has 0 bridgehead atoms. The molecule has 0 saturated carbocycles. The normalized spacial score (nSPS) is 14.8. The van der Waals surface area contributed by atoms with Gasteiger partial charge in [0, 0.05) is 28.0 Å². The van der Waals surface area contributed by atoms with Crippen LogP contribution in [0.1, 0.15) is 20.9 Å². The first kappa shape index (κ1) is 20.9. The second kappa shape index (κ2) is 9.09. The standard InChI is InChI=1S/C21H24N2O3S.ClH/c1-15-20(21(24)19-13-16(25-2)14-27-19)17-5-3-4-6-18(17)23(15)8-7-22-9-11-26-12-10-22;/h3-6,13-14H,7-12H2,1-2H3;1H. The zero-order valence-corrected chi connectivity index (χ0v) is 17.7. The van der Waals surface area contributed by atoms with Gasteiger partial charge in [-0.3, -0.25) is 4.79 Å². The summed E-state index contributed by atoms with van der Waals surface area (Å²) in [4.78, 5) is 15.5. The number of hydrogen-bond donors (Lipinski definition) is 1. The van der Waals surface area contributed by atoms with Crippen LogP contribution in [-0.2, 0) is 11.3 Å². The number of benzene rings is 1. The molecule has 1 aliphatic heterocycles. The summed E-state index contributed by atoms with van der Waals surface area (Å²) in [6.07, 6.45) is 0. The van der Waals surface area contributed by atoms with Crippen molar-refractivity contribution in [1.29, 1.82) is 0 Å². The van der Waals surface area contributed by atoms with Crippen LogP contribution in [0, 0.1) is 6.92 Å². The number of aromatic nitrogens is 1. The average molecular weight is 421 g/mol. The number of nitrogens with one attached hydrogen (secondary N) is 1. The van der Waals surface area contributed by atoms with Crippen LogP contribution >= 0.6 is 11.3 Å². The number of ether oxygens (including phenoxy) is 2. The van der Waals surface area contributed by atoms with Crippen LogP contribution < -0.4 is 22.0 Å². The molecule has 150 valence electrons. The van der Waals surface area contributed by atoms with Crippen molar-refractivity contribution in [2.45, 2.75) is 13.5 Å². The van der Waals surface area contributed by atoms with E-state index in [4.69, 9.17) is 9.47 Å². The lowest BCUT2D eigenvalue weighted by atomic mass is 10.1. The molecule has 4 rings (SSSR count). The number of halogens is 1. The lowest BCUT2D eigenvalue weighted by Crippen LogP contribution is -3.14. The zero-order chi connectivity index (χ0) is 18.8. The number of hydrogen-bond acceptors (Lipinski definition) is 4. The molecule has 0 unspecified atom stereocenters. The minimum Gasteiger partial charge on any atom is -1.00 e. The van der Waals surface area contributed by atoms with Gasteiger partial charge in [-0.2, -0.15) is 0 Å². The molecular formula is C21H25ClN2O3S. The number of rotatable bonds is 6. The van der Waals surface area contributed by atoms with Gasteiger partial charge in [0.25, 0.3) is 0 Å². The summed E-state index contributed by atoms with van der Waals surface area (Å²) < 4.78 is 13.0. The highest BCUT2D eigenvalue weighted by Gasteiger charge is 2.23. The number of nitrogens with zero attached hydrogens (tertiary/aromatic N) is 1. The maximum atomic E-state index is 13.2. The summed E-state index contributed by atoms with van der Waals surface area (Å²) in [5.74, 6) is 0.815. The third kappa shape index (κ3) is 3.96. The van der Waals surface area contributed by atoms with Crippen LogP contribution in [0.15, 0.2) is 35.7 Å². The summed E-state index contributed by atoms with van der Waals surface area (Å²) in [5.41, 5.74) is 2.99. The molecule has 0 spiro atoms.